The Balaban J connectivity index is 0.00000133. The molecule has 0 fully saturated rings. The summed E-state index contributed by atoms with van der Waals surface area (Å²) in [5, 5.41) is 1.18. The van der Waals surface area contributed by atoms with Crippen molar-refractivity contribution < 1.29 is 20.1 Å². The molecule has 0 bridgehead atoms. The van der Waals surface area contributed by atoms with E-state index in [1.165, 1.54) is 16.5 Å². The van der Waals surface area contributed by atoms with Crippen molar-refractivity contribution in [3.05, 3.63) is 65.7 Å². The van der Waals surface area contributed by atoms with Crippen molar-refractivity contribution in [1.82, 2.24) is 4.98 Å². The molecule has 1 nitrogen and oxygen atoms in total. The molecule has 1 aromatic heterocycles. The largest absolute Gasteiger partial charge is 0.296 e. The Morgan fingerprint density at radius 3 is 2.42 bits per heavy atom. The van der Waals surface area contributed by atoms with Crippen LogP contribution >= 0.6 is 0 Å². The first kappa shape index (κ1) is 13.9. The van der Waals surface area contributed by atoms with Crippen molar-refractivity contribution in [3.8, 4) is 11.3 Å². The van der Waals surface area contributed by atoms with Crippen LogP contribution < -0.4 is 0 Å². The fourth-order valence-electron chi connectivity index (χ4n) is 2.11. The van der Waals surface area contributed by atoms with Gasteiger partial charge in [-0.2, -0.15) is 0 Å². The molecule has 0 saturated carbocycles. The van der Waals surface area contributed by atoms with Gasteiger partial charge >= 0.3 is 0 Å². The fourth-order valence-corrected chi connectivity index (χ4v) is 2.11. The van der Waals surface area contributed by atoms with E-state index in [1.54, 1.807) is 0 Å². The van der Waals surface area contributed by atoms with Gasteiger partial charge in [0.2, 0.25) is 0 Å². The third kappa shape index (κ3) is 2.91. The Kier molecular flexibility index (Phi) is 4.14. The van der Waals surface area contributed by atoms with Gasteiger partial charge in [0.1, 0.15) is 0 Å². The van der Waals surface area contributed by atoms with Crippen LogP contribution in [0.3, 0.4) is 0 Å². The molecule has 19 heavy (non-hydrogen) atoms. The predicted octanol–water partition coefficient (Wildman–Crippen LogP) is 4.32. The Hall–Kier alpha value is -1.50. The monoisotopic (exact) mass is 425 g/mol. The number of nitrogens with zero attached hydrogens (tertiary/aromatic N) is 1. The van der Waals surface area contributed by atoms with E-state index in [1.807, 2.05) is 6.07 Å². The summed E-state index contributed by atoms with van der Waals surface area (Å²) >= 11 is 0. The van der Waals surface area contributed by atoms with Gasteiger partial charge in [-0.3, -0.25) is 4.98 Å². The quantitative estimate of drug-likeness (QED) is 0.531. The minimum atomic E-state index is 0. The number of aryl methyl sites for hydroxylation is 2. The van der Waals surface area contributed by atoms with Gasteiger partial charge in [-0.15, -0.1) is 35.4 Å². The van der Waals surface area contributed by atoms with Crippen LogP contribution in [-0.4, -0.2) is 4.98 Å². The van der Waals surface area contributed by atoms with Crippen LogP contribution in [0.15, 0.2) is 48.5 Å². The van der Waals surface area contributed by atoms with Crippen molar-refractivity contribution in [2.75, 3.05) is 0 Å². The van der Waals surface area contributed by atoms with Crippen molar-refractivity contribution in [3.63, 3.8) is 0 Å². The van der Waals surface area contributed by atoms with Crippen molar-refractivity contribution in [1.29, 1.82) is 0 Å². The average Bonchev–Trinajstić information content (AvgIpc) is 2.38. The fraction of sp³-hybridized carbons (Fsp3) is 0.118. The molecular formula is C17H14IrN-. The van der Waals surface area contributed by atoms with Crippen LogP contribution in [0.2, 0.25) is 0 Å². The van der Waals surface area contributed by atoms with Crippen LogP contribution in [0.1, 0.15) is 11.1 Å². The zero-order valence-electron chi connectivity index (χ0n) is 10.9. The first-order valence-electron chi connectivity index (χ1n) is 6.08. The van der Waals surface area contributed by atoms with Gasteiger partial charge in [-0.25, -0.2) is 0 Å². The summed E-state index contributed by atoms with van der Waals surface area (Å²) in [7, 11) is 0. The number of pyridine rings is 1. The van der Waals surface area contributed by atoms with E-state index >= 15 is 0 Å². The molecule has 0 atom stereocenters. The number of aromatic nitrogens is 1. The molecule has 1 radical (unpaired) electrons. The summed E-state index contributed by atoms with van der Waals surface area (Å²) in [5.74, 6) is 0. The second-order valence-electron chi connectivity index (χ2n) is 4.67. The van der Waals surface area contributed by atoms with Crippen LogP contribution in [-0.2, 0) is 20.1 Å². The number of rotatable bonds is 1. The molecule has 2 heteroatoms. The summed E-state index contributed by atoms with van der Waals surface area (Å²) in [6.07, 6.45) is 0. The van der Waals surface area contributed by atoms with Crippen molar-refractivity contribution in [2.45, 2.75) is 13.8 Å². The number of benzene rings is 2. The summed E-state index contributed by atoms with van der Waals surface area (Å²) < 4.78 is 0. The van der Waals surface area contributed by atoms with E-state index in [2.05, 4.69) is 62.4 Å². The Morgan fingerprint density at radius 1 is 0.895 bits per heavy atom. The van der Waals surface area contributed by atoms with Crippen LogP contribution in [0.25, 0.3) is 22.2 Å². The van der Waals surface area contributed by atoms with Crippen molar-refractivity contribution >= 4 is 10.9 Å². The summed E-state index contributed by atoms with van der Waals surface area (Å²) in [5.41, 5.74) is 5.55. The summed E-state index contributed by atoms with van der Waals surface area (Å²) in [4.78, 5) is 4.72. The van der Waals surface area contributed by atoms with E-state index in [9.17, 15) is 0 Å². The third-order valence-electron chi connectivity index (χ3n) is 3.08. The maximum absolute atomic E-state index is 4.72. The van der Waals surface area contributed by atoms with Gasteiger partial charge in [0.15, 0.2) is 0 Å². The van der Waals surface area contributed by atoms with E-state index in [-0.39, 0.29) is 20.1 Å². The molecule has 0 N–H and O–H groups in total. The van der Waals surface area contributed by atoms with Gasteiger partial charge < -0.3 is 0 Å². The van der Waals surface area contributed by atoms with E-state index < -0.39 is 0 Å². The topological polar surface area (TPSA) is 12.9 Å². The molecule has 0 spiro atoms. The van der Waals surface area contributed by atoms with Crippen LogP contribution in [0, 0.1) is 19.9 Å². The third-order valence-corrected chi connectivity index (χ3v) is 3.08. The smallest absolute Gasteiger partial charge is 0.0597 e. The maximum atomic E-state index is 4.72. The molecule has 3 rings (SSSR count). The van der Waals surface area contributed by atoms with Gasteiger partial charge in [-0.05, 0) is 29.6 Å². The molecule has 0 aliphatic rings. The van der Waals surface area contributed by atoms with E-state index in [4.69, 9.17) is 4.98 Å². The normalized spacial score (nSPS) is 10.2. The Labute approximate surface area is 127 Å². The molecule has 0 aliphatic heterocycles. The van der Waals surface area contributed by atoms with Gasteiger partial charge in [-0.1, -0.05) is 31.2 Å². The SMILES string of the molecule is Cc1cc[c-]c(-c2ccc3ccc(C)cc3n2)c1.[Ir]. The molecule has 97 valence electrons. The minimum Gasteiger partial charge on any atom is -0.296 e. The van der Waals surface area contributed by atoms with E-state index in [0.29, 0.717) is 0 Å². The first-order chi connectivity index (χ1) is 8.72. The average molecular weight is 425 g/mol. The molecule has 1 heterocycles. The number of hydrogen-bond donors (Lipinski definition) is 0. The maximum Gasteiger partial charge on any atom is 0.0597 e. The van der Waals surface area contributed by atoms with Crippen molar-refractivity contribution in [2.24, 2.45) is 0 Å². The first-order valence-corrected chi connectivity index (χ1v) is 6.08. The van der Waals surface area contributed by atoms with Crippen LogP contribution in [0.4, 0.5) is 0 Å². The predicted molar refractivity (Wildman–Crippen MR) is 75.5 cm³/mol. The number of fused-ring (bicyclic) bond motifs is 1. The zero-order valence-corrected chi connectivity index (χ0v) is 13.3. The van der Waals surface area contributed by atoms with Gasteiger partial charge in [0.05, 0.1) is 5.52 Å². The second-order valence-corrected chi connectivity index (χ2v) is 4.67. The molecule has 3 aromatic rings. The Bertz CT molecular complexity index is 719. The second kappa shape index (κ2) is 5.64. The minimum absolute atomic E-state index is 0. The molecular weight excluding hydrogens is 410 g/mol. The Morgan fingerprint density at radius 2 is 1.63 bits per heavy atom. The number of hydrogen-bond acceptors (Lipinski definition) is 1. The summed E-state index contributed by atoms with van der Waals surface area (Å²) in [6.45, 7) is 4.18. The molecule has 2 aromatic carbocycles. The van der Waals surface area contributed by atoms with Gasteiger partial charge in [0, 0.05) is 20.1 Å². The van der Waals surface area contributed by atoms with E-state index in [0.717, 1.165) is 16.8 Å². The zero-order chi connectivity index (χ0) is 12.5. The van der Waals surface area contributed by atoms with Gasteiger partial charge in [0.25, 0.3) is 0 Å². The van der Waals surface area contributed by atoms with Crippen LogP contribution in [0.5, 0.6) is 0 Å². The molecule has 0 aliphatic carbocycles. The molecule has 0 amide bonds. The standard InChI is InChI=1S/C17H14N.Ir/c1-12-4-3-5-15(10-12)16-9-8-14-7-6-13(2)11-17(14)18-16;/h3-4,6-11H,1-2H3;/q-1;. The summed E-state index contributed by atoms with van der Waals surface area (Å²) in [6, 6.07) is 19.9. The molecule has 0 unspecified atom stereocenters. The molecule has 0 saturated heterocycles.